The number of hydrogen-bond donors (Lipinski definition) is 2. The average Bonchev–Trinajstić information content (AvgIpc) is 2.35. The molecular weight excluding hydrogens is 362 g/mol. The molecular formula is C13H19Br2NO2. The van der Waals surface area contributed by atoms with Crippen LogP contribution in [-0.4, -0.2) is 24.4 Å². The summed E-state index contributed by atoms with van der Waals surface area (Å²) < 4.78 is 7.30. The first kappa shape index (κ1) is 16.0. The summed E-state index contributed by atoms with van der Waals surface area (Å²) in [6, 6.07) is 3.97. The molecule has 0 aliphatic carbocycles. The Balaban J connectivity index is 2.90. The number of nitrogens with one attached hydrogen (secondary N) is 1. The Bertz CT molecular complexity index is 406. The first-order chi connectivity index (χ1) is 8.45. The molecule has 0 aliphatic heterocycles. The fraction of sp³-hybridized carbons (Fsp3) is 0.538. The minimum Gasteiger partial charge on any atom is -0.495 e. The van der Waals surface area contributed by atoms with Gasteiger partial charge in [0.2, 0.25) is 0 Å². The van der Waals surface area contributed by atoms with Crippen LogP contribution in [-0.2, 0) is 6.54 Å². The van der Waals surface area contributed by atoms with Gasteiger partial charge in [-0.2, -0.15) is 0 Å². The molecule has 1 aromatic carbocycles. The van der Waals surface area contributed by atoms with Gasteiger partial charge in [-0.3, -0.25) is 0 Å². The molecule has 0 saturated carbocycles. The van der Waals surface area contributed by atoms with Crippen molar-refractivity contribution in [1.29, 1.82) is 0 Å². The number of rotatable bonds is 6. The van der Waals surface area contributed by atoms with Crippen LogP contribution in [0, 0.1) is 0 Å². The van der Waals surface area contributed by atoms with Gasteiger partial charge in [-0.1, -0.05) is 22.9 Å². The number of ether oxygens (including phenoxy) is 1. The van der Waals surface area contributed by atoms with Crippen molar-refractivity contribution in [2.24, 2.45) is 0 Å². The Hall–Kier alpha value is -0.100. The van der Waals surface area contributed by atoms with E-state index in [4.69, 9.17) is 4.74 Å². The maximum atomic E-state index is 9.39. The molecule has 0 amide bonds. The normalized spacial score (nSPS) is 14.3. The van der Waals surface area contributed by atoms with Gasteiger partial charge < -0.3 is 15.2 Å². The lowest BCUT2D eigenvalue weighted by Crippen LogP contribution is -2.44. The third-order valence-electron chi connectivity index (χ3n) is 3.12. The first-order valence-electron chi connectivity index (χ1n) is 5.83. The number of methoxy groups -OCH3 is 1. The van der Waals surface area contributed by atoms with Crippen molar-refractivity contribution < 1.29 is 9.84 Å². The molecule has 0 aromatic heterocycles. The van der Waals surface area contributed by atoms with Crippen LogP contribution in [0.4, 0.5) is 0 Å². The highest BCUT2D eigenvalue weighted by molar-refractivity contribution is 9.11. The molecule has 1 unspecified atom stereocenters. The van der Waals surface area contributed by atoms with Crippen LogP contribution < -0.4 is 10.1 Å². The van der Waals surface area contributed by atoms with Crippen molar-refractivity contribution in [3.63, 3.8) is 0 Å². The van der Waals surface area contributed by atoms with Crippen LogP contribution in [0.5, 0.6) is 5.75 Å². The largest absolute Gasteiger partial charge is 0.495 e. The second-order valence-electron chi connectivity index (χ2n) is 4.51. The molecule has 1 rings (SSSR count). The van der Waals surface area contributed by atoms with Gasteiger partial charge in [-0.15, -0.1) is 0 Å². The topological polar surface area (TPSA) is 41.5 Å². The lowest BCUT2D eigenvalue weighted by Gasteiger charge is -2.28. The molecule has 1 aromatic rings. The Kier molecular flexibility index (Phi) is 6.11. The van der Waals surface area contributed by atoms with E-state index in [9.17, 15) is 5.11 Å². The summed E-state index contributed by atoms with van der Waals surface area (Å²) in [5.41, 5.74) is 0.784. The van der Waals surface area contributed by atoms with Crippen LogP contribution in [0.1, 0.15) is 25.8 Å². The van der Waals surface area contributed by atoms with Crippen LogP contribution in [0.2, 0.25) is 0 Å². The Labute approximate surface area is 125 Å². The van der Waals surface area contributed by atoms with Crippen molar-refractivity contribution in [2.75, 3.05) is 13.7 Å². The molecule has 0 heterocycles. The molecule has 3 nitrogen and oxygen atoms in total. The van der Waals surface area contributed by atoms with Gasteiger partial charge in [0, 0.05) is 22.1 Å². The highest BCUT2D eigenvalue weighted by atomic mass is 79.9. The van der Waals surface area contributed by atoms with E-state index < -0.39 is 0 Å². The fourth-order valence-corrected chi connectivity index (χ4v) is 3.05. The molecule has 0 aliphatic rings. The van der Waals surface area contributed by atoms with Crippen molar-refractivity contribution >= 4 is 31.9 Å². The third-order valence-corrected chi connectivity index (χ3v) is 4.17. The maximum absolute atomic E-state index is 9.39. The molecule has 102 valence electrons. The van der Waals surface area contributed by atoms with Crippen LogP contribution in [0.3, 0.4) is 0 Å². The van der Waals surface area contributed by atoms with Crippen LogP contribution in [0.15, 0.2) is 21.1 Å². The average molecular weight is 381 g/mol. The lowest BCUT2D eigenvalue weighted by molar-refractivity contribution is 0.168. The van der Waals surface area contributed by atoms with E-state index in [0.29, 0.717) is 6.54 Å². The highest BCUT2D eigenvalue weighted by Gasteiger charge is 2.21. The van der Waals surface area contributed by atoms with Gasteiger partial charge >= 0.3 is 0 Å². The monoisotopic (exact) mass is 379 g/mol. The maximum Gasteiger partial charge on any atom is 0.137 e. The molecule has 1 atom stereocenters. The van der Waals surface area contributed by atoms with E-state index >= 15 is 0 Å². The number of halogens is 2. The van der Waals surface area contributed by atoms with E-state index in [2.05, 4.69) is 44.1 Å². The molecule has 5 heteroatoms. The quantitative estimate of drug-likeness (QED) is 0.793. The predicted molar refractivity (Wildman–Crippen MR) is 81.0 cm³/mol. The second-order valence-corrected chi connectivity index (χ2v) is 6.28. The minimum absolute atomic E-state index is 0.112. The van der Waals surface area contributed by atoms with Gasteiger partial charge in [0.25, 0.3) is 0 Å². The minimum atomic E-state index is -0.264. The zero-order chi connectivity index (χ0) is 13.8. The van der Waals surface area contributed by atoms with Gasteiger partial charge in [0.15, 0.2) is 0 Å². The fourth-order valence-electron chi connectivity index (χ4n) is 1.57. The standard InChI is InChI=1S/C13H19Br2NO2/c1-4-13(2,8-17)16-7-9-5-10(14)6-11(15)12(9)18-3/h5-6,16-17H,4,7-8H2,1-3H3. The summed E-state index contributed by atoms with van der Waals surface area (Å²) in [6.07, 6.45) is 0.862. The van der Waals surface area contributed by atoms with E-state index in [1.807, 2.05) is 19.1 Å². The SMILES string of the molecule is CCC(C)(CO)NCc1cc(Br)cc(Br)c1OC. The zero-order valence-electron chi connectivity index (χ0n) is 10.9. The Morgan fingerprint density at radius 2 is 2.06 bits per heavy atom. The third kappa shape index (κ3) is 3.95. The zero-order valence-corrected chi connectivity index (χ0v) is 14.1. The first-order valence-corrected chi connectivity index (χ1v) is 7.42. The van der Waals surface area contributed by atoms with Gasteiger partial charge in [0.1, 0.15) is 5.75 Å². The highest BCUT2D eigenvalue weighted by Crippen LogP contribution is 2.32. The summed E-state index contributed by atoms with van der Waals surface area (Å²) in [5, 5.41) is 12.8. The van der Waals surface area contributed by atoms with Crippen LogP contribution in [0.25, 0.3) is 0 Å². The molecule has 0 bridgehead atoms. The van der Waals surface area contributed by atoms with E-state index in [1.165, 1.54) is 0 Å². The summed E-state index contributed by atoms with van der Waals surface area (Å²) in [4.78, 5) is 0. The molecule has 0 radical (unpaired) electrons. The Morgan fingerprint density at radius 3 is 2.56 bits per heavy atom. The van der Waals surface area contributed by atoms with E-state index in [1.54, 1.807) is 7.11 Å². The lowest BCUT2D eigenvalue weighted by atomic mass is 10.00. The second kappa shape index (κ2) is 6.89. The van der Waals surface area contributed by atoms with Crippen LogP contribution >= 0.6 is 31.9 Å². The number of benzene rings is 1. The molecule has 0 fully saturated rings. The van der Waals surface area contributed by atoms with Gasteiger partial charge in [-0.05, 0) is 41.4 Å². The molecule has 0 saturated heterocycles. The summed E-state index contributed by atoms with van der Waals surface area (Å²) in [6.45, 7) is 4.82. The smallest absolute Gasteiger partial charge is 0.137 e. The van der Waals surface area contributed by atoms with Gasteiger partial charge in [-0.25, -0.2) is 0 Å². The summed E-state index contributed by atoms with van der Waals surface area (Å²) in [5.74, 6) is 0.821. The van der Waals surface area contributed by atoms with Crippen molar-refractivity contribution in [3.05, 3.63) is 26.6 Å². The predicted octanol–water partition coefficient (Wildman–Crippen LogP) is 3.47. The summed E-state index contributed by atoms with van der Waals surface area (Å²) in [7, 11) is 1.66. The summed E-state index contributed by atoms with van der Waals surface area (Å²) >= 11 is 6.95. The molecule has 2 N–H and O–H groups in total. The van der Waals surface area contributed by atoms with Crippen molar-refractivity contribution in [3.8, 4) is 5.75 Å². The van der Waals surface area contributed by atoms with Crippen molar-refractivity contribution in [1.82, 2.24) is 5.32 Å². The number of hydrogen-bond acceptors (Lipinski definition) is 3. The molecule has 18 heavy (non-hydrogen) atoms. The number of aliphatic hydroxyl groups is 1. The van der Waals surface area contributed by atoms with Crippen molar-refractivity contribution in [2.45, 2.75) is 32.4 Å². The van der Waals surface area contributed by atoms with Gasteiger partial charge in [0.05, 0.1) is 18.2 Å². The van der Waals surface area contributed by atoms with E-state index in [0.717, 1.165) is 26.7 Å². The Morgan fingerprint density at radius 1 is 1.39 bits per heavy atom. The number of aliphatic hydroxyl groups excluding tert-OH is 1. The molecule has 0 spiro atoms. The van der Waals surface area contributed by atoms with E-state index in [-0.39, 0.29) is 12.1 Å².